The first-order valence-electron chi connectivity index (χ1n) is 11.0. The van der Waals surface area contributed by atoms with Gasteiger partial charge in [-0.05, 0) is 37.0 Å². The van der Waals surface area contributed by atoms with Crippen LogP contribution >= 0.6 is 24.0 Å². The summed E-state index contributed by atoms with van der Waals surface area (Å²) in [6.07, 6.45) is 2.13. The Morgan fingerprint density at radius 1 is 1.09 bits per heavy atom. The number of rotatable bonds is 10. The second kappa shape index (κ2) is 15.0. The van der Waals surface area contributed by atoms with E-state index in [4.69, 9.17) is 9.47 Å². The molecule has 2 aromatic carbocycles. The normalized spacial score (nSPS) is 14.6. The largest absolute Gasteiger partial charge is 0.434 e. The van der Waals surface area contributed by atoms with E-state index in [9.17, 15) is 8.78 Å². The Morgan fingerprint density at radius 3 is 2.61 bits per heavy atom. The van der Waals surface area contributed by atoms with E-state index in [1.54, 1.807) is 18.2 Å². The van der Waals surface area contributed by atoms with Crippen molar-refractivity contribution < 1.29 is 23.0 Å². The topological polar surface area (TPSA) is 64.1 Å². The number of halogens is 3. The lowest BCUT2D eigenvalue weighted by Gasteiger charge is -2.22. The maximum atomic E-state index is 12.6. The second-order valence-electron chi connectivity index (χ2n) is 7.48. The van der Waals surface area contributed by atoms with Crippen LogP contribution in [0.3, 0.4) is 0 Å². The van der Waals surface area contributed by atoms with E-state index in [-0.39, 0.29) is 35.8 Å². The zero-order valence-electron chi connectivity index (χ0n) is 18.8. The molecule has 182 valence electrons. The van der Waals surface area contributed by atoms with E-state index in [1.807, 2.05) is 19.1 Å². The van der Waals surface area contributed by atoms with Crippen molar-refractivity contribution in [1.29, 1.82) is 0 Å². The van der Waals surface area contributed by atoms with Crippen molar-refractivity contribution >= 4 is 29.9 Å². The maximum Gasteiger partial charge on any atom is 0.387 e. The number of alkyl halides is 2. The lowest BCUT2D eigenvalue weighted by Crippen LogP contribution is -2.36. The first-order valence-corrected chi connectivity index (χ1v) is 11.0. The van der Waals surface area contributed by atoms with Crippen molar-refractivity contribution in [2.24, 2.45) is 4.99 Å². The van der Waals surface area contributed by atoms with Crippen molar-refractivity contribution in [2.75, 3.05) is 19.8 Å². The third-order valence-electron chi connectivity index (χ3n) is 5.04. The van der Waals surface area contributed by atoms with Gasteiger partial charge in [0.1, 0.15) is 5.75 Å². The van der Waals surface area contributed by atoms with Gasteiger partial charge in [-0.25, -0.2) is 4.99 Å². The molecule has 2 aromatic rings. The van der Waals surface area contributed by atoms with Crippen LogP contribution in [0.2, 0.25) is 0 Å². The lowest BCUT2D eigenvalue weighted by atomic mass is 10.1. The molecule has 0 aromatic heterocycles. The molecule has 3 rings (SSSR count). The van der Waals surface area contributed by atoms with Crippen molar-refractivity contribution in [3.63, 3.8) is 0 Å². The minimum absolute atomic E-state index is 0. The van der Waals surface area contributed by atoms with Gasteiger partial charge in [0.15, 0.2) is 5.96 Å². The fourth-order valence-electron chi connectivity index (χ4n) is 3.43. The van der Waals surface area contributed by atoms with Gasteiger partial charge in [0, 0.05) is 31.9 Å². The van der Waals surface area contributed by atoms with Crippen LogP contribution in [-0.4, -0.2) is 38.4 Å². The number of para-hydroxylation sites is 1. The molecule has 0 radical (unpaired) electrons. The summed E-state index contributed by atoms with van der Waals surface area (Å²) in [5.41, 5.74) is 2.81. The van der Waals surface area contributed by atoms with Crippen molar-refractivity contribution in [1.82, 2.24) is 10.6 Å². The molecule has 6 nitrogen and oxygen atoms in total. The molecule has 1 aliphatic heterocycles. The fraction of sp³-hybridized carbons (Fsp3) is 0.458. The number of hydrogen-bond donors (Lipinski definition) is 2. The summed E-state index contributed by atoms with van der Waals surface area (Å²) in [5.74, 6) is 0.756. The summed E-state index contributed by atoms with van der Waals surface area (Å²) in [6.45, 7) is 2.68. The summed E-state index contributed by atoms with van der Waals surface area (Å²) < 4.78 is 41.2. The number of hydrogen-bond acceptors (Lipinski definition) is 4. The molecule has 1 aliphatic rings. The number of aliphatic imine (C=N–C) groups is 1. The lowest BCUT2D eigenvalue weighted by molar-refractivity contribution is -0.0504. The highest BCUT2D eigenvalue weighted by molar-refractivity contribution is 14.0. The quantitative estimate of drug-likeness (QED) is 0.241. The minimum atomic E-state index is -2.86. The van der Waals surface area contributed by atoms with E-state index < -0.39 is 6.61 Å². The van der Waals surface area contributed by atoms with Gasteiger partial charge in [-0.2, -0.15) is 8.78 Å². The Morgan fingerprint density at radius 2 is 1.85 bits per heavy atom. The number of guanidine groups is 1. The molecule has 0 spiro atoms. The van der Waals surface area contributed by atoms with E-state index >= 15 is 0 Å². The van der Waals surface area contributed by atoms with Gasteiger partial charge < -0.3 is 24.8 Å². The molecule has 1 fully saturated rings. The molecule has 1 heterocycles. The van der Waals surface area contributed by atoms with Gasteiger partial charge in [-0.15, -0.1) is 24.0 Å². The zero-order valence-corrected chi connectivity index (χ0v) is 21.1. The highest BCUT2D eigenvalue weighted by Gasteiger charge is 2.14. The molecular formula is C24H32F2IN3O3. The molecule has 2 N–H and O–H groups in total. The van der Waals surface area contributed by atoms with Gasteiger partial charge in [0.05, 0.1) is 19.3 Å². The Hall–Kier alpha value is -1.98. The van der Waals surface area contributed by atoms with E-state index in [0.29, 0.717) is 37.8 Å². The first kappa shape index (κ1) is 27.3. The van der Waals surface area contributed by atoms with Crippen LogP contribution < -0.4 is 15.4 Å². The third kappa shape index (κ3) is 9.81. The summed E-state index contributed by atoms with van der Waals surface area (Å²) in [5, 5.41) is 6.36. The van der Waals surface area contributed by atoms with Crippen LogP contribution in [0.5, 0.6) is 5.75 Å². The Balaban J connectivity index is 0.00000385. The molecule has 0 unspecified atom stereocenters. The highest BCUT2D eigenvalue weighted by atomic mass is 127. The molecule has 0 amide bonds. The molecule has 33 heavy (non-hydrogen) atoms. The van der Waals surface area contributed by atoms with Crippen LogP contribution in [0, 0.1) is 0 Å². The van der Waals surface area contributed by atoms with E-state index in [1.165, 1.54) is 6.07 Å². The SMILES string of the molecule is CCNC(=NCc1cccc(COC2CCOCC2)c1)NCc1ccccc1OC(F)F.I. The molecule has 1 saturated heterocycles. The summed E-state index contributed by atoms with van der Waals surface area (Å²) >= 11 is 0. The van der Waals surface area contributed by atoms with Crippen LogP contribution in [-0.2, 0) is 29.2 Å². The molecule has 0 bridgehead atoms. The van der Waals surface area contributed by atoms with Crippen molar-refractivity contribution in [3.05, 3.63) is 65.2 Å². The van der Waals surface area contributed by atoms with E-state index in [0.717, 1.165) is 37.2 Å². The molecule has 0 aliphatic carbocycles. The predicted octanol–water partition coefficient (Wildman–Crippen LogP) is 4.86. The highest BCUT2D eigenvalue weighted by Crippen LogP contribution is 2.20. The summed E-state index contributed by atoms with van der Waals surface area (Å²) in [4.78, 5) is 4.63. The molecule has 9 heteroatoms. The number of ether oxygens (including phenoxy) is 3. The van der Waals surface area contributed by atoms with Gasteiger partial charge in [0.2, 0.25) is 0 Å². The van der Waals surface area contributed by atoms with Crippen LogP contribution in [0.4, 0.5) is 8.78 Å². The Labute approximate surface area is 211 Å². The number of nitrogens with zero attached hydrogens (tertiary/aromatic N) is 1. The second-order valence-corrected chi connectivity index (χ2v) is 7.48. The minimum Gasteiger partial charge on any atom is -0.434 e. The average Bonchev–Trinajstić information content (AvgIpc) is 2.81. The number of nitrogens with one attached hydrogen (secondary N) is 2. The fourth-order valence-corrected chi connectivity index (χ4v) is 3.43. The van der Waals surface area contributed by atoms with Gasteiger partial charge >= 0.3 is 6.61 Å². The number of benzene rings is 2. The zero-order chi connectivity index (χ0) is 22.6. The van der Waals surface area contributed by atoms with E-state index in [2.05, 4.69) is 32.5 Å². The molecule has 0 atom stereocenters. The molecular weight excluding hydrogens is 543 g/mol. The van der Waals surface area contributed by atoms with Crippen LogP contribution in [0.25, 0.3) is 0 Å². The third-order valence-corrected chi connectivity index (χ3v) is 5.04. The summed E-state index contributed by atoms with van der Waals surface area (Å²) in [6, 6.07) is 14.9. The predicted molar refractivity (Wildman–Crippen MR) is 135 cm³/mol. The maximum absolute atomic E-state index is 12.6. The van der Waals surface area contributed by atoms with Gasteiger partial charge in [-0.3, -0.25) is 0 Å². The smallest absolute Gasteiger partial charge is 0.387 e. The average molecular weight is 575 g/mol. The monoisotopic (exact) mass is 575 g/mol. The van der Waals surface area contributed by atoms with Gasteiger partial charge in [0.25, 0.3) is 0 Å². The summed E-state index contributed by atoms with van der Waals surface area (Å²) in [7, 11) is 0. The van der Waals surface area contributed by atoms with Crippen molar-refractivity contribution in [3.8, 4) is 5.75 Å². The van der Waals surface area contributed by atoms with Crippen molar-refractivity contribution in [2.45, 2.75) is 52.2 Å². The Kier molecular flexibility index (Phi) is 12.4. The van der Waals surface area contributed by atoms with Crippen LogP contribution in [0.15, 0.2) is 53.5 Å². The first-order chi connectivity index (χ1) is 15.6. The molecule has 0 saturated carbocycles. The van der Waals surface area contributed by atoms with Gasteiger partial charge in [-0.1, -0.05) is 42.5 Å². The van der Waals surface area contributed by atoms with Crippen LogP contribution in [0.1, 0.15) is 36.5 Å². The standard InChI is InChI=1S/C24H31F2N3O3.HI/c1-2-27-24(29-16-20-8-3-4-9-22(20)32-23(25)26)28-15-18-6-5-7-19(14-18)17-31-21-10-12-30-13-11-21;/h3-9,14,21,23H,2,10-13,15-17H2,1H3,(H2,27,28,29);1H. The Bertz CT molecular complexity index is 864.